The fourth-order valence-corrected chi connectivity index (χ4v) is 3.06. The average Bonchev–Trinajstić information content (AvgIpc) is 2.86. The zero-order chi connectivity index (χ0) is 17.7. The summed E-state index contributed by atoms with van der Waals surface area (Å²) in [6.07, 6.45) is 7.02. The van der Waals surface area contributed by atoms with E-state index in [2.05, 4.69) is 12.5 Å². The van der Waals surface area contributed by atoms with E-state index < -0.39 is 5.79 Å². The number of carbonyl (C=O) groups is 1. The third kappa shape index (κ3) is 4.25. The van der Waals surface area contributed by atoms with Crippen LogP contribution in [0.4, 0.5) is 0 Å². The van der Waals surface area contributed by atoms with Gasteiger partial charge in [0.25, 0.3) is 0 Å². The third-order valence-corrected chi connectivity index (χ3v) is 4.10. The number of terminal acetylenes is 1. The van der Waals surface area contributed by atoms with E-state index in [-0.39, 0.29) is 24.2 Å². The topological polar surface area (TPSA) is 38.8 Å². The molecular formula is C20H25NO3. The lowest BCUT2D eigenvalue weighted by molar-refractivity contribution is -0.154. The zero-order valence-electron chi connectivity index (χ0n) is 14.6. The highest BCUT2D eigenvalue weighted by atomic mass is 16.8. The number of rotatable bonds is 6. The van der Waals surface area contributed by atoms with Gasteiger partial charge in [-0.1, -0.05) is 36.4 Å². The van der Waals surface area contributed by atoms with Crippen LogP contribution in [-0.4, -0.2) is 34.8 Å². The van der Waals surface area contributed by atoms with E-state index in [0.29, 0.717) is 13.0 Å². The summed E-state index contributed by atoms with van der Waals surface area (Å²) in [5.74, 6) is 1.90. The van der Waals surface area contributed by atoms with E-state index >= 15 is 0 Å². The summed E-state index contributed by atoms with van der Waals surface area (Å²) in [4.78, 5) is 14.1. The van der Waals surface area contributed by atoms with Gasteiger partial charge < -0.3 is 14.4 Å². The Labute approximate surface area is 144 Å². The first kappa shape index (κ1) is 18.3. The molecule has 1 heterocycles. The van der Waals surface area contributed by atoms with Crippen molar-refractivity contribution in [1.82, 2.24) is 4.90 Å². The Bertz CT molecular complexity index is 618. The molecule has 1 amide bonds. The molecule has 1 fully saturated rings. The average molecular weight is 327 g/mol. The molecule has 0 aromatic heterocycles. The normalized spacial score (nSPS) is 23.2. The lowest BCUT2D eigenvalue weighted by atomic mass is 9.99. The third-order valence-electron chi connectivity index (χ3n) is 4.10. The van der Waals surface area contributed by atoms with Crippen LogP contribution in [0.1, 0.15) is 32.8 Å². The SMILES string of the molecule is C#CC[C@@H]([C@H]1OC(C)(C)O[C@@H]1C=C)N(Cc1ccccc1)C(C)=O. The van der Waals surface area contributed by atoms with Crippen molar-refractivity contribution in [2.45, 2.75) is 57.8 Å². The van der Waals surface area contributed by atoms with Crippen molar-refractivity contribution < 1.29 is 14.3 Å². The van der Waals surface area contributed by atoms with Crippen LogP contribution in [0.2, 0.25) is 0 Å². The molecule has 4 heteroatoms. The Morgan fingerprint density at radius 2 is 2.08 bits per heavy atom. The van der Waals surface area contributed by atoms with Crippen molar-refractivity contribution in [1.29, 1.82) is 0 Å². The summed E-state index contributed by atoms with van der Waals surface area (Å²) in [5.41, 5.74) is 1.04. The van der Waals surface area contributed by atoms with Crippen molar-refractivity contribution in [3.8, 4) is 12.3 Å². The second kappa shape index (κ2) is 7.65. The highest BCUT2D eigenvalue weighted by molar-refractivity contribution is 5.73. The number of hydrogen-bond donors (Lipinski definition) is 0. The standard InChI is InChI=1S/C20H25NO3/c1-6-11-17(19-18(7-2)23-20(4,5)24-19)21(15(3)22)14-16-12-9-8-10-13-16/h1,7-10,12-13,17-19H,2,11,14H2,3-5H3/t17-,18+,19+/m0/s1. The molecule has 4 nitrogen and oxygen atoms in total. The van der Waals surface area contributed by atoms with Gasteiger partial charge in [-0.15, -0.1) is 18.9 Å². The largest absolute Gasteiger partial charge is 0.342 e. The molecule has 0 aliphatic carbocycles. The van der Waals surface area contributed by atoms with Crippen LogP contribution in [0.5, 0.6) is 0 Å². The first-order valence-electron chi connectivity index (χ1n) is 8.10. The van der Waals surface area contributed by atoms with E-state index in [1.807, 2.05) is 44.2 Å². The van der Waals surface area contributed by atoms with Gasteiger partial charge in [-0.25, -0.2) is 0 Å². The molecule has 2 rings (SSSR count). The number of ether oxygens (including phenoxy) is 2. The van der Waals surface area contributed by atoms with Crippen molar-refractivity contribution in [2.75, 3.05) is 0 Å². The number of carbonyl (C=O) groups excluding carboxylic acids is 1. The Kier molecular flexibility index (Phi) is 5.82. The van der Waals surface area contributed by atoms with Gasteiger partial charge in [0.15, 0.2) is 5.79 Å². The van der Waals surface area contributed by atoms with Crippen molar-refractivity contribution in [3.63, 3.8) is 0 Å². The van der Waals surface area contributed by atoms with Gasteiger partial charge in [-0.05, 0) is 19.4 Å². The van der Waals surface area contributed by atoms with Crippen LogP contribution >= 0.6 is 0 Å². The minimum Gasteiger partial charge on any atom is -0.342 e. The number of hydrogen-bond acceptors (Lipinski definition) is 3. The Morgan fingerprint density at radius 1 is 1.42 bits per heavy atom. The van der Waals surface area contributed by atoms with Crippen molar-refractivity contribution >= 4 is 5.91 Å². The molecule has 0 unspecified atom stereocenters. The highest BCUT2D eigenvalue weighted by Gasteiger charge is 2.45. The van der Waals surface area contributed by atoms with Crippen molar-refractivity contribution in [2.24, 2.45) is 0 Å². The van der Waals surface area contributed by atoms with E-state index in [1.54, 1.807) is 17.9 Å². The first-order chi connectivity index (χ1) is 11.4. The quantitative estimate of drug-likeness (QED) is 0.595. The number of amides is 1. The first-order valence-corrected chi connectivity index (χ1v) is 8.10. The summed E-state index contributed by atoms with van der Waals surface area (Å²) in [5, 5.41) is 0. The Morgan fingerprint density at radius 3 is 2.62 bits per heavy atom. The van der Waals surface area contributed by atoms with Gasteiger partial charge >= 0.3 is 0 Å². The van der Waals surface area contributed by atoms with Gasteiger partial charge in [0, 0.05) is 19.9 Å². The van der Waals surface area contributed by atoms with Crippen LogP contribution in [0, 0.1) is 12.3 Å². The molecule has 3 atom stereocenters. The van der Waals surface area contributed by atoms with Gasteiger partial charge in [-0.3, -0.25) is 4.79 Å². The zero-order valence-corrected chi connectivity index (χ0v) is 14.6. The summed E-state index contributed by atoms with van der Waals surface area (Å²) in [6, 6.07) is 9.55. The number of benzene rings is 1. The fourth-order valence-electron chi connectivity index (χ4n) is 3.06. The molecule has 0 bridgehead atoms. The fraction of sp³-hybridized carbons (Fsp3) is 0.450. The molecule has 0 spiro atoms. The lowest BCUT2D eigenvalue weighted by Crippen LogP contribution is -2.49. The van der Waals surface area contributed by atoms with E-state index in [0.717, 1.165) is 5.56 Å². The molecule has 1 aromatic carbocycles. The predicted octanol–water partition coefficient (Wildman–Crippen LogP) is 3.13. The second-order valence-corrected chi connectivity index (χ2v) is 6.41. The molecule has 0 radical (unpaired) electrons. The van der Waals surface area contributed by atoms with Gasteiger partial charge in [-0.2, -0.15) is 0 Å². The molecule has 24 heavy (non-hydrogen) atoms. The maximum Gasteiger partial charge on any atom is 0.220 e. The van der Waals surface area contributed by atoms with Crippen LogP contribution in [0.15, 0.2) is 43.0 Å². The molecular weight excluding hydrogens is 302 g/mol. The minimum absolute atomic E-state index is 0.0461. The van der Waals surface area contributed by atoms with Crippen LogP contribution < -0.4 is 0 Å². The summed E-state index contributed by atoms with van der Waals surface area (Å²) < 4.78 is 11.9. The summed E-state index contributed by atoms with van der Waals surface area (Å²) in [6.45, 7) is 9.57. The smallest absolute Gasteiger partial charge is 0.220 e. The molecule has 1 aliphatic rings. The van der Waals surface area contributed by atoms with Gasteiger partial charge in [0.1, 0.15) is 12.2 Å². The summed E-state index contributed by atoms with van der Waals surface area (Å²) >= 11 is 0. The van der Waals surface area contributed by atoms with Crippen LogP contribution in [0.25, 0.3) is 0 Å². The molecule has 128 valence electrons. The van der Waals surface area contributed by atoms with E-state index in [9.17, 15) is 4.79 Å². The number of nitrogens with zero attached hydrogens (tertiary/aromatic N) is 1. The molecule has 0 saturated carbocycles. The van der Waals surface area contributed by atoms with Crippen LogP contribution in [-0.2, 0) is 20.8 Å². The molecule has 1 aromatic rings. The Balaban J connectivity index is 2.30. The summed E-state index contributed by atoms with van der Waals surface area (Å²) in [7, 11) is 0. The van der Waals surface area contributed by atoms with Crippen molar-refractivity contribution in [3.05, 3.63) is 48.6 Å². The van der Waals surface area contributed by atoms with Gasteiger partial charge in [0.2, 0.25) is 5.91 Å². The molecule has 1 aliphatic heterocycles. The maximum atomic E-state index is 12.3. The van der Waals surface area contributed by atoms with Gasteiger partial charge in [0.05, 0.1) is 6.04 Å². The van der Waals surface area contributed by atoms with E-state index in [1.165, 1.54) is 0 Å². The molecule has 1 saturated heterocycles. The maximum absolute atomic E-state index is 12.3. The second-order valence-electron chi connectivity index (χ2n) is 6.41. The minimum atomic E-state index is -0.731. The molecule has 0 N–H and O–H groups in total. The monoisotopic (exact) mass is 327 g/mol. The predicted molar refractivity (Wildman–Crippen MR) is 93.9 cm³/mol. The van der Waals surface area contributed by atoms with E-state index in [4.69, 9.17) is 15.9 Å². The lowest BCUT2D eigenvalue weighted by Gasteiger charge is -2.35. The van der Waals surface area contributed by atoms with Crippen LogP contribution in [0.3, 0.4) is 0 Å². The highest BCUT2D eigenvalue weighted by Crippen LogP contribution is 2.33. The Hall–Kier alpha value is -2.09.